The zero-order valence-corrected chi connectivity index (χ0v) is 21.9. The number of fused-ring (bicyclic) bond motifs is 1. The number of benzene rings is 1. The summed E-state index contributed by atoms with van der Waals surface area (Å²) in [5.41, 5.74) is 3.83. The summed E-state index contributed by atoms with van der Waals surface area (Å²) in [7, 11) is 0. The summed E-state index contributed by atoms with van der Waals surface area (Å²) in [5.74, 6) is 1.44. The van der Waals surface area contributed by atoms with Gasteiger partial charge in [0.15, 0.2) is 0 Å². The highest BCUT2D eigenvalue weighted by atomic mass is 35.5. The number of carbonyl (C=O) groups is 1. The smallest absolute Gasteiger partial charge is 0.312 e. The lowest BCUT2D eigenvalue weighted by molar-refractivity contribution is -0.0593. The van der Waals surface area contributed by atoms with E-state index in [9.17, 15) is 4.79 Å². The summed E-state index contributed by atoms with van der Waals surface area (Å²) in [6.07, 6.45) is 6.64. The monoisotopic (exact) mass is 510 g/mol. The number of halogens is 2. The van der Waals surface area contributed by atoms with E-state index in [0.29, 0.717) is 5.82 Å². The summed E-state index contributed by atoms with van der Waals surface area (Å²) >= 11 is 0. The van der Waals surface area contributed by atoms with Gasteiger partial charge in [0.1, 0.15) is 5.82 Å². The van der Waals surface area contributed by atoms with Crippen LogP contribution in [0.25, 0.3) is 10.9 Å². The van der Waals surface area contributed by atoms with Crippen molar-refractivity contribution in [1.29, 1.82) is 0 Å². The molecule has 2 atom stereocenters. The predicted octanol–water partition coefficient (Wildman–Crippen LogP) is 4.75. The standard InChI is InChI=1S/C24H34N6O2.2ClH/c1-15-11-12-17-16(14-15)21(29-22(27-17)23(31)30-32-24(2,3)4)28-19-9-6-5-8-18(19)26-20-10-7-13-25-20;;/h11-12,14,18-19H,5-10,13H2,1-4H3,(H,25,26)(H,30,31)(H,27,28,29);2*1H/t18-,19+;;/m1../s1. The fourth-order valence-corrected chi connectivity index (χ4v) is 4.22. The molecule has 10 heteroatoms. The molecular formula is C24H36Cl2N6O2. The molecule has 0 saturated heterocycles. The van der Waals surface area contributed by atoms with Crippen molar-refractivity contribution in [2.45, 2.75) is 83.9 Å². The fourth-order valence-electron chi connectivity index (χ4n) is 4.22. The molecule has 2 aliphatic rings. The summed E-state index contributed by atoms with van der Waals surface area (Å²) in [6.45, 7) is 8.57. The molecule has 2 heterocycles. The van der Waals surface area contributed by atoms with Gasteiger partial charge in [-0.05, 0) is 59.1 Å². The summed E-state index contributed by atoms with van der Waals surface area (Å²) in [4.78, 5) is 31.9. The number of hydrogen-bond donors (Lipinski definition) is 3. The van der Waals surface area contributed by atoms with E-state index >= 15 is 0 Å². The number of hydrogen-bond acceptors (Lipinski definition) is 7. The third-order valence-electron chi connectivity index (χ3n) is 5.82. The number of aliphatic imine (C=N–C) groups is 1. The van der Waals surface area contributed by atoms with Crippen molar-refractivity contribution in [3.8, 4) is 0 Å². The minimum atomic E-state index is -0.505. The molecule has 0 spiro atoms. The van der Waals surface area contributed by atoms with Gasteiger partial charge in [-0.2, -0.15) is 0 Å². The quantitative estimate of drug-likeness (QED) is 0.501. The molecule has 1 saturated carbocycles. The van der Waals surface area contributed by atoms with Gasteiger partial charge in [-0.15, -0.1) is 24.8 Å². The number of nitrogens with zero attached hydrogens (tertiary/aromatic N) is 3. The van der Waals surface area contributed by atoms with Crippen molar-refractivity contribution in [1.82, 2.24) is 20.8 Å². The molecule has 0 radical (unpaired) electrons. The van der Waals surface area contributed by atoms with Crippen LogP contribution >= 0.6 is 24.8 Å². The van der Waals surface area contributed by atoms with Crippen LogP contribution in [0.2, 0.25) is 0 Å². The summed E-state index contributed by atoms with van der Waals surface area (Å²) < 4.78 is 0. The molecule has 4 rings (SSSR count). The van der Waals surface area contributed by atoms with Gasteiger partial charge in [0.2, 0.25) is 5.82 Å². The first-order chi connectivity index (χ1) is 15.3. The van der Waals surface area contributed by atoms with E-state index in [4.69, 9.17) is 4.84 Å². The second-order valence-corrected chi connectivity index (χ2v) is 9.78. The average molecular weight is 511 g/mol. The Bertz CT molecular complexity index is 1020. The van der Waals surface area contributed by atoms with Crippen molar-refractivity contribution < 1.29 is 9.63 Å². The summed E-state index contributed by atoms with van der Waals surface area (Å²) in [5, 5.41) is 8.24. The lowest BCUT2D eigenvalue weighted by Gasteiger charge is -2.34. The van der Waals surface area contributed by atoms with E-state index in [1.54, 1.807) is 0 Å². The van der Waals surface area contributed by atoms with Gasteiger partial charge < -0.3 is 10.6 Å². The minimum absolute atomic E-state index is 0. The number of amidine groups is 1. The van der Waals surface area contributed by atoms with E-state index in [2.05, 4.69) is 37.1 Å². The normalized spacial score (nSPS) is 20.1. The highest BCUT2D eigenvalue weighted by Crippen LogP contribution is 2.27. The third kappa shape index (κ3) is 7.17. The molecule has 0 bridgehead atoms. The lowest BCUT2D eigenvalue weighted by Crippen LogP contribution is -2.48. The van der Waals surface area contributed by atoms with E-state index < -0.39 is 11.5 Å². The number of rotatable bonds is 5. The topological polar surface area (TPSA) is 101 Å². The Morgan fingerprint density at radius 2 is 1.74 bits per heavy atom. The number of aromatic nitrogens is 2. The largest absolute Gasteiger partial charge is 0.369 e. The van der Waals surface area contributed by atoms with E-state index in [1.807, 2.05) is 39.8 Å². The number of hydroxylamine groups is 1. The first-order valence-electron chi connectivity index (χ1n) is 11.6. The minimum Gasteiger partial charge on any atom is -0.369 e. The predicted molar refractivity (Wildman–Crippen MR) is 141 cm³/mol. The highest BCUT2D eigenvalue weighted by Gasteiger charge is 2.28. The van der Waals surface area contributed by atoms with E-state index in [0.717, 1.165) is 61.0 Å². The van der Waals surface area contributed by atoms with Crippen LogP contribution < -0.4 is 16.1 Å². The van der Waals surface area contributed by atoms with Gasteiger partial charge in [0, 0.05) is 30.4 Å². The van der Waals surface area contributed by atoms with Crippen molar-refractivity contribution >= 4 is 53.3 Å². The van der Waals surface area contributed by atoms with Crippen LogP contribution in [0.4, 0.5) is 5.82 Å². The van der Waals surface area contributed by atoms with Crippen LogP contribution in [-0.4, -0.2) is 45.9 Å². The van der Waals surface area contributed by atoms with Gasteiger partial charge in [-0.1, -0.05) is 24.5 Å². The lowest BCUT2D eigenvalue weighted by atomic mass is 9.90. The van der Waals surface area contributed by atoms with E-state index in [1.165, 1.54) is 6.42 Å². The molecule has 1 aromatic heterocycles. The SMILES string of the molecule is Cc1ccc2nc(C(=O)NOC(C)(C)C)nc(N[C@H]3CCCC[C@H]3NC3=NCCC3)c2c1.Cl.Cl. The van der Waals surface area contributed by atoms with Gasteiger partial charge in [-0.25, -0.2) is 15.4 Å². The molecule has 1 aliphatic carbocycles. The number of aryl methyl sites for hydroxylation is 1. The van der Waals surface area contributed by atoms with Crippen molar-refractivity contribution in [3.05, 3.63) is 29.6 Å². The molecule has 0 unspecified atom stereocenters. The van der Waals surface area contributed by atoms with Crippen LogP contribution in [0.15, 0.2) is 23.2 Å². The molecule has 188 valence electrons. The van der Waals surface area contributed by atoms with E-state index in [-0.39, 0.29) is 42.7 Å². The first kappa shape index (κ1) is 28.1. The Kier molecular flexibility index (Phi) is 9.91. The molecule has 1 fully saturated rings. The molecule has 34 heavy (non-hydrogen) atoms. The third-order valence-corrected chi connectivity index (χ3v) is 5.82. The van der Waals surface area contributed by atoms with Gasteiger partial charge in [-0.3, -0.25) is 14.6 Å². The second kappa shape index (κ2) is 12.0. The fraction of sp³-hybridized carbons (Fsp3) is 0.583. The molecule has 3 N–H and O–H groups in total. The van der Waals surface area contributed by atoms with Crippen LogP contribution in [0.1, 0.15) is 75.5 Å². The van der Waals surface area contributed by atoms with Crippen LogP contribution in [0.5, 0.6) is 0 Å². The molecule has 8 nitrogen and oxygen atoms in total. The highest BCUT2D eigenvalue weighted by molar-refractivity contribution is 5.96. The van der Waals surface area contributed by atoms with Gasteiger partial charge >= 0.3 is 5.91 Å². The molecule has 1 aliphatic heterocycles. The van der Waals surface area contributed by atoms with Crippen LogP contribution in [-0.2, 0) is 4.84 Å². The molecular weight excluding hydrogens is 475 g/mol. The van der Waals surface area contributed by atoms with Crippen molar-refractivity contribution in [2.24, 2.45) is 4.99 Å². The first-order valence-corrected chi connectivity index (χ1v) is 11.6. The Labute approximate surface area is 213 Å². The maximum Gasteiger partial charge on any atom is 0.312 e. The second-order valence-electron chi connectivity index (χ2n) is 9.78. The Morgan fingerprint density at radius 3 is 2.38 bits per heavy atom. The molecule has 1 amide bonds. The van der Waals surface area contributed by atoms with Crippen LogP contribution in [0, 0.1) is 6.92 Å². The Morgan fingerprint density at radius 1 is 1.03 bits per heavy atom. The Hall–Kier alpha value is -2.16. The Balaban J connectivity index is 0.00000204. The van der Waals surface area contributed by atoms with Crippen molar-refractivity contribution in [2.75, 3.05) is 11.9 Å². The average Bonchev–Trinajstić information content (AvgIpc) is 3.26. The maximum absolute atomic E-state index is 12.7. The van der Waals surface area contributed by atoms with Crippen molar-refractivity contribution in [3.63, 3.8) is 0 Å². The number of nitrogens with one attached hydrogen (secondary N) is 3. The van der Waals surface area contributed by atoms with Gasteiger partial charge in [0.05, 0.1) is 17.0 Å². The van der Waals surface area contributed by atoms with Gasteiger partial charge in [0.25, 0.3) is 0 Å². The zero-order chi connectivity index (χ0) is 22.7. The molecule has 1 aromatic carbocycles. The maximum atomic E-state index is 12.7. The zero-order valence-electron chi connectivity index (χ0n) is 20.3. The summed E-state index contributed by atoms with van der Waals surface area (Å²) in [6, 6.07) is 6.49. The number of anilines is 1. The number of amides is 1. The van der Waals surface area contributed by atoms with Crippen LogP contribution in [0.3, 0.4) is 0 Å². The molecule has 2 aromatic rings. The number of carbonyl (C=O) groups excluding carboxylic acids is 1.